The van der Waals surface area contributed by atoms with Crippen LogP contribution in [0.4, 0.5) is 0 Å². The van der Waals surface area contributed by atoms with Gasteiger partial charge in [-0.15, -0.1) is 0 Å². The average molecular weight is 962 g/mol. The van der Waals surface area contributed by atoms with Crippen LogP contribution in [0.1, 0.15) is 79.4 Å². The minimum Gasteiger partial charge on any atom is -0.492 e. The molecular weight excluding hydrogens is 905 g/mol. The molecule has 2 atom stereocenters. The van der Waals surface area contributed by atoms with Crippen LogP contribution >= 0.6 is 0 Å². The lowest BCUT2D eigenvalue weighted by molar-refractivity contribution is -0.490. The maximum Gasteiger partial charge on any atom is 0.499 e. The molecule has 4 aliphatic heterocycles. The van der Waals surface area contributed by atoms with E-state index in [-0.39, 0.29) is 26.8 Å². The van der Waals surface area contributed by atoms with E-state index in [0.29, 0.717) is 66.5 Å². The van der Waals surface area contributed by atoms with Gasteiger partial charge in [-0.2, -0.15) is 0 Å². The molecular formula is C49H57B3N2O16. The molecule has 0 aliphatic carbocycles. The molecule has 9 rings (SSSR count). The van der Waals surface area contributed by atoms with Crippen LogP contribution in [-0.4, -0.2) is 99.8 Å². The van der Waals surface area contributed by atoms with Crippen molar-refractivity contribution in [3.8, 4) is 17.2 Å². The third-order valence-corrected chi connectivity index (χ3v) is 11.6. The van der Waals surface area contributed by atoms with Crippen molar-refractivity contribution in [2.45, 2.75) is 71.2 Å². The second kappa shape index (κ2) is 25.1. The predicted molar refractivity (Wildman–Crippen MR) is 260 cm³/mol. The Balaban J connectivity index is 0.000000171. The van der Waals surface area contributed by atoms with Crippen molar-refractivity contribution in [3.05, 3.63) is 153 Å². The van der Waals surface area contributed by atoms with Crippen molar-refractivity contribution in [1.29, 1.82) is 0 Å². The summed E-state index contributed by atoms with van der Waals surface area (Å²) in [5, 5.41) is 28.1. The van der Waals surface area contributed by atoms with Gasteiger partial charge in [-0.1, -0.05) is 97.1 Å². The van der Waals surface area contributed by atoms with Crippen molar-refractivity contribution in [1.82, 2.24) is 0 Å². The molecule has 70 heavy (non-hydrogen) atoms. The molecule has 5 aromatic carbocycles. The number of nitro groups is 1. The monoisotopic (exact) mass is 962 g/mol. The molecule has 5 aromatic rings. The number of rotatable bonds is 15. The fourth-order valence-electron chi connectivity index (χ4n) is 7.61. The van der Waals surface area contributed by atoms with Crippen LogP contribution in [0.2, 0.25) is 0 Å². The van der Waals surface area contributed by atoms with Gasteiger partial charge >= 0.3 is 21.4 Å². The molecule has 21 heteroatoms. The summed E-state index contributed by atoms with van der Waals surface area (Å²) >= 11 is 0. The summed E-state index contributed by atoms with van der Waals surface area (Å²) in [6.45, 7) is 11.1. The van der Waals surface area contributed by atoms with E-state index in [1.54, 1.807) is 36.4 Å². The number of aldehydes is 1. The molecule has 4 N–H and O–H groups in total. The van der Waals surface area contributed by atoms with Crippen molar-refractivity contribution >= 4 is 50.0 Å². The van der Waals surface area contributed by atoms with Gasteiger partial charge in [-0.25, -0.2) is 0 Å². The number of carboxylic acid groups (broad SMARTS) is 1. The van der Waals surface area contributed by atoms with E-state index in [1.165, 1.54) is 0 Å². The van der Waals surface area contributed by atoms with Gasteiger partial charge in [0.2, 0.25) is 6.54 Å². The van der Waals surface area contributed by atoms with Crippen LogP contribution in [0, 0.1) is 10.1 Å². The number of hydrogen-bond acceptors (Lipinski definition) is 16. The number of benzene rings is 5. The third kappa shape index (κ3) is 14.0. The Hall–Kier alpha value is -6.13. The first-order valence-electron chi connectivity index (χ1n) is 22.6. The highest BCUT2D eigenvalue weighted by atomic mass is 16.7. The molecule has 0 radical (unpaired) electrons. The van der Waals surface area contributed by atoms with E-state index in [1.807, 2.05) is 107 Å². The Labute approximate surface area is 407 Å². The molecule has 0 aromatic heterocycles. The van der Waals surface area contributed by atoms with Crippen LogP contribution in [0.25, 0.3) is 0 Å². The SMILES string of the molecule is CC(=O)O.CC1(C)OB(c2c(C=O)cccc2OCOCc2ccccc2)OC1(C)C.NCC1OB2OCCOc3cccc1c32.O=[N+]([O-])CC1OB(O)c2c(OCOCc3ccccc3)cccc21. The van der Waals surface area contributed by atoms with Crippen LogP contribution < -0.4 is 36.3 Å². The number of nitrogens with two attached hydrogens (primary N) is 1. The number of ether oxygens (including phenoxy) is 5. The van der Waals surface area contributed by atoms with Crippen LogP contribution in [-0.2, 0) is 50.8 Å². The zero-order chi connectivity index (χ0) is 50.3. The molecule has 2 unspecified atom stereocenters. The highest BCUT2D eigenvalue weighted by Gasteiger charge is 2.53. The number of hydrogen-bond donors (Lipinski definition) is 3. The standard InChI is InChI=1S/C21H25BO5.C16H16BNO6.C10H12BNO3.C2H4O2/c1-20(2)21(3,4)27-22(26-20)19-17(13-23)11-8-12-18(19)25-15-24-14-16-9-6-5-7-10-16;19-17-16-13(15(24-17)9-18(20)21)7-4-8-14(16)23-11-22-10-12-5-2-1-3-6-12;12-6-9-7-2-1-3-8-10(7)11(15-9)14-5-4-13-8;1-2(3)4/h5-13H,14-15H2,1-4H3;1-8,15,19H,9-11H2;1-3,9H,4-6,12H2;1H3,(H,3,4). The largest absolute Gasteiger partial charge is 0.499 e. The molecule has 0 spiro atoms. The van der Waals surface area contributed by atoms with E-state index in [2.05, 4.69) is 0 Å². The van der Waals surface area contributed by atoms with E-state index >= 15 is 0 Å². The lowest BCUT2D eigenvalue weighted by atomic mass is 9.75. The molecule has 1 fully saturated rings. The first-order valence-corrected chi connectivity index (χ1v) is 22.6. The average Bonchev–Trinajstić information content (AvgIpc) is 3.87. The van der Waals surface area contributed by atoms with Gasteiger partial charge < -0.3 is 62.8 Å². The molecule has 0 amide bonds. The first kappa shape index (κ1) is 53.2. The number of fused-ring (bicyclic) bond motifs is 1. The maximum absolute atomic E-state index is 11.6. The topological polar surface area (TPSA) is 236 Å². The molecule has 4 aliphatic rings. The normalized spacial score (nSPS) is 17.7. The van der Waals surface area contributed by atoms with Gasteiger partial charge in [0.05, 0.1) is 37.1 Å². The Morgan fingerprint density at radius 3 is 1.81 bits per heavy atom. The summed E-state index contributed by atoms with van der Waals surface area (Å²) in [6, 6.07) is 35.8. The summed E-state index contributed by atoms with van der Waals surface area (Å²) in [4.78, 5) is 30.8. The van der Waals surface area contributed by atoms with Crippen molar-refractivity contribution in [3.63, 3.8) is 0 Å². The Morgan fingerprint density at radius 1 is 0.743 bits per heavy atom. The Kier molecular flexibility index (Phi) is 19.1. The molecule has 4 heterocycles. The Morgan fingerprint density at radius 2 is 1.27 bits per heavy atom. The molecule has 0 saturated carbocycles. The fourth-order valence-corrected chi connectivity index (χ4v) is 7.61. The minimum atomic E-state index is -1.24. The summed E-state index contributed by atoms with van der Waals surface area (Å²) in [5.41, 5.74) is 10.9. The van der Waals surface area contributed by atoms with E-state index in [9.17, 15) is 19.9 Å². The zero-order valence-corrected chi connectivity index (χ0v) is 39.7. The van der Waals surface area contributed by atoms with Crippen molar-refractivity contribution < 1.29 is 71.6 Å². The van der Waals surface area contributed by atoms with Gasteiger partial charge in [-0.05, 0) is 68.1 Å². The van der Waals surface area contributed by atoms with Gasteiger partial charge in [0.15, 0.2) is 13.6 Å². The van der Waals surface area contributed by atoms with Gasteiger partial charge in [-0.3, -0.25) is 19.7 Å². The first-order chi connectivity index (χ1) is 33.6. The Bertz CT molecular complexity index is 2480. The smallest absolute Gasteiger partial charge is 0.492 e. The quantitative estimate of drug-likeness (QED) is 0.0326. The van der Waals surface area contributed by atoms with E-state index in [0.717, 1.165) is 41.1 Å². The number of nitrogens with zero attached hydrogens (tertiary/aromatic N) is 1. The summed E-state index contributed by atoms with van der Waals surface area (Å²) < 4.78 is 56.8. The van der Waals surface area contributed by atoms with Crippen LogP contribution in [0.5, 0.6) is 17.2 Å². The molecule has 0 bridgehead atoms. The lowest BCUT2D eigenvalue weighted by Crippen LogP contribution is -2.41. The van der Waals surface area contributed by atoms with Gasteiger partial charge in [0.25, 0.3) is 5.97 Å². The molecule has 1 saturated heterocycles. The lowest BCUT2D eigenvalue weighted by Gasteiger charge is -2.32. The third-order valence-electron chi connectivity index (χ3n) is 11.6. The molecule has 368 valence electrons. The highest BCUT2D eigenvalue weighted by molar-refractivity contribution is 6.65. The predicted octanol–water partition coefficient (Wildman–Crippen LogP) is 4.54. The number of carbonyl (C=O) groups excluding carboxylic acids is 1. The van der Waals surface area contributed by atoms with E-state index < -0.39 is 49.0 Å². The second-order valence-electron chi connectivity index (χ2n) is 17.1. The van der Waals surface area contributed by atoms with Crippen LogP contribution in [0.3, 0.4) is 0 Å². The number of carboxylic acids is 1. The van der Waals surface area contributed by atoms with Crippen molar-refractivity contribution in [2.75, 3.05) is 39.9 Å². The number of aliphatic carboxylic acids is 1. The zero-order valence-electron chi connectivity index (χ0n) is 39.7. The maximum atomic E-state index is 11.6. The highest BCUT2D eigenvalue weighted by Crippen LogP contribution is 2.37. The second-order valence-corrected chi connectivity index (χ2v) is 17.1. The minimum absolute atomic E-state index is 0.00201. The number of carbonyl (C=O) groups is 2. The van der Waals surface area contributed by atoms with Gasteiger partial charge in [0.1, 0.15) is 36.2 Å². The summed E-state index contributed by atoms with van der Waals surface area (Å²) in [7, 11) is -2.22. The van der Waals surface area contributed by atoms with Gasteiger partial charge in [0, 0.05) is 40.3 Å². The van der Waals surface area contributed by atoms with Crippen molar-refractivity contribution in [2.24, 2.45) is 5.73 Å². The fraction of sp³-hybridized carbons (Fsp3) is 0.347. The summed E-state index contributed by atoms with van der Waals surface area (Å²) in [5.74, 6) is 0.955. The van der Waals surface area contributed by atoms with E-state index in [4.69, 9.17) is 62.6 Å². The summed E-state index contributed by atoms with van der Waals surface area (Å²) in [6.07, 6.45) is -0.0524. The molecule has 18 nitrogen and oxygen atoms in total. The van der Waals surface area contributed by atoms with Crippen LogP contribution in [0.15, 0.2) is 115 Å².